The summed E-state index contributed by atoms with van der Waals surface area (Å²) in [5, 5.41) is 3.42. The molecule has 7 nitrogen and oxygen atoms in total. The largest absolute Gasteiger partial charge is 0.445 e. The molecule has 37 heavy (non-hydrogen) atoms. The molecule has 0 bridgehead atoms. The number of halogens is 1. The number of benzene rings is 3. The highest BCUT2D eigenvalue weighted by Crippen LogP contribution is 2.32. The van der Waals surface area contributed by atoms with E-state index >= 15 is 0 Å². The van der Waals surface area contributed by atoms with E-state index < -0.39 is 23.7 Å². The monoisotopic (exact) mass is 519 g/mol. The van der Waals surface area contributed by atoms with E-state index in [0.29, 0.717) is 17.4 Å². The lowest BCUT2D eigenvalue weighted by Crippen LogP contribution is -2.36. The Balaban J connectivity index is 1.56. The second kappa shape index (κ2) is 12.2. The van der Waals surface area contributed by atoms with Crippen LogP contribution in [-0.4, -0.2) is 12.1 Å². The second-order valence-electron chi connectivity index (χ2n) is 8.44. The number of hydrogen-bond acceptors (Lipinski definition) is 6. The van der Waals surface area contributed by atoms with Gasteiger partial charge >= 0.3 is 17.7 Å². The molecule has 8 heteroatoms. The minimum Gasteiger partial charge on any atom is -0.445 e. The molecule has 3 aromatic carbocycles. The normalized spacial score (nSPS) is 11.6. The molecule has 1 atom stereocenters. The summed E-state index contributed by atoms with van der Waals surface area (Å²) in [6, 6.07) is 21.1. The molecule has 0 fully saturated rings. The highest BCUT2D eigenvalue weighted by atomic mass is 35.5. The number of alkyl carbamates (subject to hydrolysis) is 1. The molecular formula is C29H26ClNO6. The summed E-state index contributed by atoms with van der Waals surface area (Å²) in [4.78, 5) is 37.9. The Bertz CT molecular complexity index is 1440. The van der Waals surface area contributed by atoms with Gasteiger partial charge in [0.05, 0.1) is 5.02 Å². The smallest absolute Gasteiger partial charge is 0.408 e. The number of rotatable bonds is 9. The van der Waals surface area contributed by atoms with Gasteiger partial charge in [-0.3, -0.25) is 0 Å². The fourth-order valence-electron chi connectivity index (χ4n) is 3.85. The summed E-state index contributed by atoms with van der Waals surface area (Å²) in [6.07, 6.45) is 1.77. The van der Waals surface area contributed by atoms with Gasteiger partial charge in [0.15, 0.2) is 11.8 Å². The van der Waals surface area contributed by atoms with Gasteiger partial charge in [0.2, 0.25) is 0 Å². The van der Waals surface area contributed by atoms with Gasteiger partial charge in [0, 0.05) is 17.5 Å². The molecule has 1 aromatic heterocycles. The quantitative estimate of drug-likeness (QED) is 0.157. The number of carbonyl (C=O) groups excluding carboxylic acids is 2. The van der Waals surface area contributed by atoms with Crippen molar-refractivity contribution >= 4 is 34.6 Å². The van der Waals surface area contributed by atoms with E-state index in [-0.39, 0.29) is 23.0 Å². The Morgan fingerprint density at radius 1 is 1.00 bits per heavy atom. The zero-order chi connectivity index (χ0) is 26.2. The van der Waals surface area contributed by atoms with Crippen molar-refractivity contribution in [1.29, 1.82) is 0 Å². The van der Waals surface area contributed by atoms with Crippen LogP contribution in [0.25, 0.3) is 11.0 Å². The van der Waals surface area contributed by atoms with Crippen LogP contribution in [-0.2, 0) is 22.6 Å². The van der Waals surface area contributed by atoms with Gasteiger partial charge in [-0.05, 0) is 35.6 Å². The van der Waals surface area contributed by atoms with Crippen molar-refractivity contribution in [2.75, 3.05) is 0 Å². The molecule has 0 saturated heterocycles. The molecule has 1 heterocycles. The molecule has 4 rings (SSSR count). The number of unbranched alkanes of at least 4 members (excludes halogenated alkanes) is 1. The number of fused-ring (bicyclic) bond motifs is 1. The number of carbonyl (C=O) groups is 2. The summed E-state index contributed by atoms with van der Waals surface area (Å²) < 4.78 is 16.2. The molecule has 1 amide bonds. The van der Waals surface area contributed by atoms with Crippen LogP contribution in [0.15, 0.2) is 88.1 Å². The maximum Gasteiger partial charge on any atom is 0.408 e. The van der Waals surface area contributed by atoms with Gasteiger partial charge in [0.25, 0.3) is 0 Å². The lowest BCUT2D eigenvalue weighted by Gasteiger charge is -2.18. The minimum atomic E-state index is -1.17. The Labute approximate surface area is 219 Å². The lowest BCUT2D eigenvalue weighted by molar-refractivity contribution is -0.136. The summed E-state index contributed by atoms with van der Waals surface area (Å²) in [6.45, 7) is 2.10. The van der Waals surface area contributed by atoms with Crippen LogP contribution in [0.3, 0.4) is 0 Å². The molecule has 1 N–H and O–H groups in total. The van der Waals surface area contributed by atoms with Gasteiger partial charge in [-0.15, -0.1) is 0 Å². The number of ether oxygens (including phenoxy) is 2. The van der Waals surface area contributed by atoms with Crippen molar-refractivity contribution in [2.24, 2.45) is 0 Å². The maximum atomic E-state index is 13.2. The predicted molar refractivity (Wildman–Crippen MR) is 141 cm³/mol. The first-order valence-electron chi connectivity index (χ1n) is 11.9. The van der Waals surface area contributed by atoms with Crippen molar-refractivity contribution in [3.63, 3.8) is 0 Å². The van der Waals surface area contributed by atoms with Crippen LogP contribution in [0, 0.1) is 0 Å². The summed E-state index contributed by atoms with van der Waals surface area (Å²) in [5.41, 5.74) is 1.88. The van der Waals surface area contributed by atoms with E-state index in [1.54, 1.807) is 36.4 Å². The Kier molecular flexibility index (Phi) is 8.59. The lowest BCUT2D eigenvalue weighted by atomic mass is 10.0. The van der Waals surface area contributed by atoms with Crippen molar-refractivity contribution < 1.29 is 23.5 Å². The van der Waals surface area contributed by atoms with E-state index in [1.165, 1.54) is 12.1 Å². The molecule has 0 unspecified atom stereocenters. The molecule has 0 aliphatic heterocycles. The van der Waals surface area contributed by atoms with Crippen molar-refractivity contribution in [3.8, 4) is 5.75 Å². The summed E-state index contributed by atoms with van der Waals surface area (Å²) >= 11 is 6.46. The first-order chi connectivity index (χ1) is 17.9. The molecule has 190 valence electrons. The molecule has 0 aliphatic carbocycles. The van der Waals surface area contributed by atoms with Crippen LogP contribution in [0.1, 0.15) is 42.5 Å². The third-order valence-corrected chi connectivity index (χ3v) is 6.03. The molecular weight excluding hydrogens is 494 g/mol. The van der Waals surface area contributed by atoms with Gasteiger partial charge < -0.3 is 19.2 Å². The average molecular weight is 520 g/mol. The molecule has 0 aliphatic rings. The maximum absolute atomic E-state index is 13.2. The first-order valence-corrected chi connectivity index (χ1v) is 12.3. The third-order valence-electron chi connectivity index (χ3n) is 5.74. The van der Waals surface area contributed by atoms with Gasteiger partial charge in [-0.2, -0.15) is 0 Å². The van der Waals surface area contributed by atoms with Gasteiger partial charge in [-0.1, -0.05) is 85.6 Å². The van der Waals surface area contributed by atoms with Crippen molar-refractivity contribution in [3.05, 3.63) is 111 Å². The van der Waals surface area contributed by atoms with Crippen molar-refractivity contribution in [1.82, 2.24) is 5.32 Å². The van der Waals surface area contributed by atoms with E-state index in [2.05, 4.69) is 12.2 Å². The van der Waals surface area contributed by atoms with Crippen LogP contribution in [0.4, 0.5) is 4.79 Å². The zero-order valence-corrected chi connectivity index (χ0v) is 21.0. The number of aryl methyl sites for hydroxylation is 1. The van der Waals surface area contributed by atoms with E-state index in [4.69, 9.17) is 25.5 Å². The topological polar surface area (TPSA) is 94.8 Å². The predicted octanol–water partition coefficient (Wildman–Crippen LogP) is 6.36. The van der Waals surface area contributed by atoms with Crippen LogP contribution < -0.4 is 15.7 Å². The standard InChI is InChI=1S/C29H26ClNO6/c1-2-3-12-21-15-26(32)36-24-17-25(23(30)16-22(21)24)37-28(33)27(20-13-8-5-9-14-20)31-29(34)35-18-19-10-6-4-7-11-19/h4-11,13-17,27H,2-3,12,18H2,1H3,(H,31,34)/t27-/m1/s1. The number of amides is 1. The van der Waals surface area contributed by atoms with Crippen LogP contribution in [0.2, 0.25) is 5.02 Å². The number of hydrogen-bond donors (Lipinski definition) is 1. The van der Waals surface area contributed by atoms with E-state index in [9.17, 15) is 14.4 Å². The Morgan fingerprint density at radius 3 is 2.41 bits per heavy atom. The Morgan fingerprint density at radius 2 is 1.70 bits per heavy atom. The number of esters is 1. The minimum absolute atomic E-state index is 0.00958. The molecule has 0 radical (unpaired) electrons. The van der Waals surface area contributed by atoms with E-state index in [0.717, 1.165) is 24.0 Å². The van der Waals surface area contributed by atoms with Crippen molar-refractivity contribution in [2.45, 2.75) is 38.8 Å². The van der Waals surface area contributed by atoms with Crippen LogP contribution >= 0.6 is 11.6 Å². The first kappa shape index (κ1) is 26.0. The second-order valence-corrected chi connectivity index (χ2v) is 8.85. The molecule has 0 saturated carbocycles. The van der Waals surface area contributed by atoms with Crippen LogP contribution in [0.5, 0.6) is 5.75 Å². The molecule has 4 aromatic rings. The fourth-order valence-corrected chi connectivity index (χ4v) is 4.06. The Hall–Kier alpha value is -4.10. The highest BCUT2D eigenvalue weighted by molar-refractivity contribution is 6.33. The average Bonchev–Trinajstić information content (AvgIpc) is 2.91. The highest BCUT2D eigenvalue weighted by Gasteiger charge is 2.26. The SMILES string of the molecule is CCCCc1cc(=O)oc2cc(OC(=O)[C@H](NC(=O)OCc3ccccc3)c3ccccc3)c(Cl)cc12. The molecule has 0 spiro atoms. The van der Waals surface area contributed by atoms with Gasteiger partial charge in [0.1, 0.15) is 12.2 Å². The number of nitrogens with one attached hydrogen (secondary N) is 1. The zero-order valence-electron chi connectivity index (χ0n) is 20.2. The summed E-state index contributed by atoms with van der Waals surface area (Å²) in [7, 11) is 0. The fraction of sp³-hybridized carbons (Fsp3) is 0.207. The van der Waals surface area contributed by atoms with E-state index in [1.807, 2.05) is 30.3 Å². The summed E-state index contributed by atoms with van der Waals surface area (Å²) in [5.74, 6) is -0.774. The van der Waals surface area contributed by atoms with Gasteiger partial charge in [-0.25, -0.2) is 14.4 Å². The third kappa shape index (κ3) is 6.77.